The second kappa shape index (κ2) is 5.14. The first kappa shape index (κ1) is 11.2. The van der Waals surface area contributed by atoms with Crippen LogP contribution in [0, 0.1) is 17.2 Å². The summed E-state index contributed by atoms with van der Waals surface area (Å²) in [6.45, 7) is 1.65. The van der Waals surface area contributed by atoms with E-state index < -0.39 is 0 Å². The van der Waals surface area contributed by atoms with Gasteiger partial charge in [-0.1, -0.05) is 0 Å². The third-order valence-corrected chi connectivity index (χ3v) is 2.60. The van der Waals surface area contributed by atoms with Gasteiger partial charge in [0.05, 0.1) is 25.9 Å². The van der Waals surface area contributed by atoms with Crippen LogP contribution in [0.2, 0.25) is 0 Å². The number of hydrogen-bond donors (Lipinski definition) is 5. The molecule has 1 aliphatic heterocycles. The van der Waals surface area contributed by atoms with Crippen LogP contribution in [0.25, 0.3) is 0 Å². The van der Waals surface area contributed by atoms with Gasteiger partial charge in [-0.3, -0.25) is 5.41 Å². The van der Waals surface area contributed by atoms with Gasteiger partial charge in [0.25, 0.3) is 0 Å². The molecule has 6 nitrogen and oxygen atoms in total. The minimum atomic E-state index is -0.233. The monoisotopic (exact) mass is 202 g/mol. The van der Waals surface area contributed by atoms with Crippen LogP contribution in [0.4, 0.5) is 0 Å². The number of nitrogens with one attached hydrogen (secondary N) is 2. The summed E-state index contributed by atoms with van der Waals surface area (Å²) in [6, 6.07) is -0.233. The second-order valence-corrected chi connectivity index (χ2v) is 3.54. The molecule has 1 unspecified atom stereocenters. The van der Waals surface area contributed by atoms with E-state index in [1.54, 1.807) is 0 Å². The number of aliphatic hydroxyl groups is 1. The van der Waals surface area contributed by atoms with Gasteiger partial charge >= 0.3 is 0 Å². The van der Waals surface area contributed by atoms with Gasteiger partial charge in [0.15, 0.2) is 5.96 Å². The van der Waals surface area contributed by atoms with Gasteiger partial charge in [-0.25, -0.2) is 0 Å². The zero-order chi connectivity index (χ0) is 10.6. The highest BCUT2D eigenvalue weighted by molar-refractivity contribution is 5.74. The van der Waals surface area contributed by atoms with Crippen LogP contribution in [0.1, 0.15) is 0 Å². The molecule has 1 fully saturated rings. The van der Waals surface area contributed by atoms with Crippen molar-refractivity contribution >= 4 is 5.96 Å². The lowest BCUT2D eigenvalue weighted by molar-refractivity contribution is 0.160. The number of ether oxygens (including phenoxy) is 1. The molecule has 0 amide bonds. The van der Waals surface area contributed by atoms with Crippen molar-refractivity contribution in [2.45, 2.75) is 6.04 Å². The summed E-state index contributed by atoms with van der Waals surface area (Å²) >= 11 is 0. The number of aliphatic hydroxyl groups excluding tert-OH is 1. The summed E-state index contributed by atoms with van der Waals surface area (Å²) in [4.78, 5) is 0. The van der Waals surface area contributed by atoms with Crippen LogP contribution < -0.4 is 16.8 Å². The van der Waals surface area contributed by atoms with E-state index in [0.29, 0.717) is 19.8 Å². The van der Waals surface area contributed by atoms with Crippen molar-refractivity contribution in [3.63, 3.8) is 0 Å². The summed E-state index contributed by atoms with van der Waals surface area (Å²) < 4.78 is 5.28. The molecule has 82 valence electrons. The molecule has 0 aromatic rings. The maximum Gasteiger partial charge on any atom is 0.186 e. The SMILES string of the molecule is N=C(N)NC(CO)[C@@H]1COC[C@H]1CN. The molecule has 1 aliphatic rings. The molecule has 0 bridgehead atoms. The highest BCUT2D eigenvalue weighted by Crippen LogP contribution is 2.22. The van der Waals surface area contributed by atoms with Gasteiger partial charge in [-0.15, -0.1) is 0 Å². The quantitative estimate of drug-likeness (QED) is 0.268. The predicted octanol–water partition coefficient (Wildman–Crippen LogP) is -1.95. The Labute approximate surface area is 83.1 Å². The van der Waals surface area contributed by atoms with E-state index in [1.807, 2.05) is 0 Å². The Bertz CT molecular complexity index is 200. The van der Waals surface area contributed by atoms with Crippen LogP contribution >= 0.6 is 0 Å². The zero-order valence-electron chi connectivity index (χ0n) is 8.07. The largest absolute Gasteiger partial charge is 0.394 e. The highest BCUT2D eigenvalue weighted by Gasteiger charge is 2.33. The third kappa shape index (κ3) is 2.57. The van der Waals surface area contributed by atoms with Crippen LogP contribution in [-0.2, 0) is 4.74 Å². The Hall–Kier alpha value is -0.850. The van der Waals surface area contributed by atoms with Crippen molar-refractivity contribution < 1.29 is 9.84 Å². The average Bonchev–Trinajstić information content (AvgIpc) is 2.61. The normalized spacial score (nSPS) is 28.7. The molecule has 0 aromatic carbocycles. The Morgan fingerprint density at radius 1 is 1.64 bits per heavy atom. The maximum atomic E-state index is 9.14. The van der Waals surface area contributed by atoms with Gasteiger partial charge in [0.2, 0.25) is 0 Å². The van der Waals surface area contributed by atoms with E-state index in [0.717, 1.165) is 0 Å². The van der Waals surface area contributed by atoms with E-state index in [9.17, 15) is 0 Å². The van der Waals surface area contributed by atoms with Crippen LogP contribution in [0.3, 0.4) is 0 Å². The van der Waals surface area contributed by atoms with Crippen molar-refractivity contribution in [3.8, 4) is 0 Å². The third-order valence-electron chi connectivity index (χ3n) is 2.60. The summed E-state index contributed by atoms with van der Waals surface area (Å²) in [5.41, 5.74) is 10.8. The fourth-order valence-electron chi connectivity index (χ4n) is 1.79. The number of hydrogen-bond acceptors (Lipinski definition) is 4. The van der Waals surface area contributed by atoms with Crippen LogP contribution in [-0.4, -0.2) is 43.5 Å². The van der Waals surface area contributed by atoms with Crippen molar-refractivity contribution in [1.29, 1.82) is 5.41 Å². The van der Waals surface area contributed by atoms with Gasteiger partial charge in [-0.2, -0.15) is 0 Å². The molecule has 0 aromatic heterocycles. The van der Waals surface area contributed by atoms with Gasteiger partial charge in [-0.05, 0) is 6.54 Å². The Kier molecular flexibility index (Phi) is 4.12. The number of guanidine groups is 1. The minimum absolute atomic E-state index is 0.0654. The molecule has 1 saturated heterocycles. The summed E-state index contributed by atoms with van der Waals surface area (Å²) in [5, 5.41) is 18.9. The molecule has 0 aliphatic carbocycles. The first-order valence-electron chi connectivity index (χ1n) is 4.68. The second-order valence-electron chi connectivity index (χ2n) is 3.54. The zero-order valence-corrected chi connectivity index (χ0v) is 8.07. The Morgan fingerprint density at radius 3 is 2.86 bits per heavy atom. The summed E-state index contributed by atoms with van der Waals surface area (Å²) in [7, 11) is 0. The van der Waals surface area contributed by atoms with Gasteiger partial charge in [0.1, 0.15) is 0 Å². The molecule has 0 spiro atoms. The topological polar surface area (TPSA) is 117 Å². The van der Waals surface area contributed by atoms with E-state index in [-0.39, 0.29) is 30.4 Å². The van der Waals surface area contributed by atoms with Crippen molar-refractivity contribution in [1.82, 2.24) is 5.32 Å². The lowest BCUT2D eigenvalue weighted by Crippen LogP contribution is -2.48. The van der Waals surface area contributed by atoms with Crippen molar-refractivity contribution in [3.05, 3.63) is 0 Å². The van der Waals surface area contributed by atoms with E-state index in [1.165, 1.54) is 0 Å². The van der Waals surface area contributed by atoms with E-state index in [4.69, 9.17) is 26.7 Å². The maximum absolute atomic E-state index is 9.14. The lowest BCUT2D eigenvalue weighted by atomic mass is 9.89. The lowest BCUT2D eigenvalue weighted by Gasteiger charge is -2.25. The van der Waals surface area contributed by atoms with Crippen molar-refractivity contribution in [2.24, 2.45) is 23.3 Å². The number of nitrogens with two attached hydrogens (primary N) is 2. The summed E-state index contributed by atoms with van der Waals surface area (Å²) in [5.74, 6) is 0.236. The predicted molar refractivity (Wildman–Crippen MR) is 52.8 cm³/mol. The van der Waals surface area contributed by atoms with Gasteiger partial charge < -0.3 is 26.6 Å². The fraction of sp³-hybridized carbons (Fsp3) is 0.875. The molecule has 0 radical (unpaired) electrons. The molecule has 1 rings (SSSR count). The molecule has 0 saturated carbocycles. The molecule has 1 heterocycles. The van der Waals surface area contributed by atoms with Gasteiger partial charge in [0, 0.05) is 11.8 Å². The molecule has 7 N–H and O–H groups in total. The van der Waals surface area contributed by atoms with E-state index in [2.05, 4.69) is 5.32 Å². The first-order chi connectivity index (χ1) is 6.69. The molecule has 6 heteroatoms. The number of rotatable bonds is 4. The van der Waals surface area contributed by atoms with Crippen LogP contribution in [0.15, 0.2) is 0 Å². The molecular formula is C8H18N4O2. The molecule has 3 atom stereocenters. The highest BCUT2D eigenvalue weighted by atomic mass is 16.5. The standard InChI is InChI=1S/C8H18N4O2/c9-1-5-3-14-4-6(5)7(2-13)12-8(10)11/h5-7,13H,1-4,9H2,(H4,10,11,12)/t5-,6-,7?/m1/s1. The molecular weight excluding hydrogens is 184 g/mol. The smallest absolute Gasteiger partial charge is 0.186 e. The fourth-order valence-corrected chi connectivity index (χ4v) is 1.79. The Balaban J connectivity index is 2.54. The van der Waals surface area contributed by atoms with Crippen LogP contribution in [0.5, 0.6) is 0 Å². The first-order valence-corrected chi connectivity index (χ1v) is 4.68. The molecule has 14 heavy (non-hydrogen) atoms. The summed E-state index contributed by atoms with van der Waals surface area (Å²) in [6.07, 6.45) is 0. The Morgan fingerprint density at radius 2 is 2.36 bits per heavy atom. The van der Waals surface area contributed by atoms with Crippen molar-refractivity contribution in [2.75, 3.05) is 26.4 Å². The minimum Gasteiger partial charge on any atom is -0.394 e. The van der Waals surface area contributed by atoms with E-state index >= 15 is 0 Å². The average molecular weight is 202 g/mol.